The Balaban J connectivity index is 2.22. The Morgan fingerprint density at radius 1 is 1.40 bits per heavy atom. The molecule has 1 aromatic carbocycles. The highest BCUT2D eigenvalue weighted by atomic mass is 32.1. The maximum atomic E-state index is 14.3. The third-order valence-corrected chi connectivity index (χ3v) is 3.88. The number of carbonyl (C=O) groups excluding carboxylic acids is 1. The number of hydrogen-bond acceptors (Lipinski definition) is 3. The molecule has 4 N–H and O–H groups in total. The molecule has 108 valence electrons. The molecule has 0 saturated carbocycles. The predicted molar refractivity (Wildman–Crippen MR) is 79.5 cm³/mol. The molecular formula is C14H18FN3OS. The lowest BCUT2D eigenvalue weighted by molar-refractivity contribution is -0.124. The van der Waals surface area contributed by atoms with Crippen LogP contribution in [-0.2, 0) is 11.3 Å². The van der Waals surface area contributed by atoms with Crippen LogP contribution in [0.3, 0.4) is 0 Å². The first-order valence-corrected chi connectivity index (χ1v) is 7.02. The van der Waals surface area contributed by atoms with Gasteiger partial charge in [0.25, 0.3) is 0 Å². The van der Waals surface area contributed by atoms with Crippen LogP contribution in [0.4, 0.5) is 4.39 Å². The van der Waals surface area contributed by atoms with E-state index >= 15 is 0 Å². The monoisotopic (exact) mass is 295 g/mol. The molecule has 4 nitrogen and oxygen atoms in total. The second kappa shape index (κ2) is 6.28. The summed E-state index contributed by atoms with van der Waals surface area (Å²) >= 11 is 4.83. The maximum Gasteiger partial charge on any atom is 0.234 e. The number of piperidine rings is 1. The van der Waals surface area contributed by atoms with Crippen molar-refractivity contribution >= 4 is 23.1 Å². The number of nitrogens with zero attached hydrogens (tertiary/aromatic N) is 1. The SMILES string of the molecule is NC(=O)C1CCCCN1Cc1cccc(C(N)=S)c1F. The van der Waals surface area contributed by atoms with Gasteiger partial charge in [0.05, 0.1) is 6.04 Å². The summed E-state index contributed by atoms with van der Waals surface area (Å²) in [6.07, 6.45) is 2.69. The molecule has 1 fully saturated rings. The summed E-state index contributed by atoms with van der Waals surface area (Å²) < 4.78 is 14.3. The first-order chi connectivity index (χ1) is 9.50. The molecule has 1 aromatic rings. The minimum absolute atomic E-state index is 0.0365. The minimum Gasteiger partial charge on any atom is -0.389 e. The molecular weight excluding hydrogens is 277 g/mol. The first kappa shape index (κ1) is 14.9. The summed E-state index contributed by atoms with van der Waals surface area (Å²) in [5, 5.41) is 0. The van der Waals surface area contributed by atoms with Crippen molar-refractivity contribution in [2.45, 2.75) is 31.8 Å². The topological polar surface area (TPSA) is 72.4 Å². The van der Waals surface area contributed by atoms with Gasteiger partial charge in [-0.15, -0.1) is 0 Å². The molecule has 0 spiro atoms. The Bertz CT molecular complexity index is 535. The molecule has 1 heterocycles. The zero-order valence-corrected chi connectivity index (χ0v) is 12.0. The molecule has 20 heavy (non-hydrogen) atoms. The number of benzene rings is 1. The van der Waals surface area contributed by atoms with Crippen LogP contribution < -0.4 is 11.5 Å². The van der Waals surface area contributed by atoms with E-state index in [1.807, 2.05) is 4.90 Å². The van der Waals surface area contributed by atoms with Gasteiger partial charge in [0.15, 0.2) is 0 Å². The van der Waals surface area contributed by atoms with Crippen molar-refractivity contribution < 1.29 is 9.18 Å². The van der Waals surface area contributed by atoms with Crippen molar-refractivity contribution in [3.8, 4) is 0 Å². The van der Waals surface area contributed by atoms with E-state index in [-0.39, 0.29) is 22.5 Å². The number of rotatable bonds is 4. The second-order valence-electron chi connectivity index (χ2n) is 5.03. The second-order valence-corrected chi connectivity index (χ2v) is 5.47. The van der Waals surface area contributed by atoms with Crippen molar-refractivity contribution in [1.82, 2.24) is 4.90 Å². The predicted octanol–water partition coefficient (Wildman–Crippen LogP) is 1.30. The highest BCUT2D eigenvalue weighted by Gasteiger charge is 2.27. The van der Waals surface area contributed by atoms with Gasteiger partial charge in [0.1, 0.15) is 10.8 Å². The smallest absolute Gasteiger partial charge is 0.234 e. The molecule has 1 aliphatic heterocycles. The van der Waals surface area contributed by atoms with Gasteiger partial charge in [0, 0.05) is 17.7 Å². The van der Waals surface area contributed by atoms with Crippen LogP contribution >= 0.6 is 12.2 Å². The fourth-order valence-corrected chi connectivity index (χ4v) is 2.77. The Kier molecular flexibility index (Phi) is 4.67. The molecule has 0 aliphatic carbocycles. The van der Waals surface area contributed by atoms with Crippen LogP contribution in [-0.4, -0.2) is 28.4 Å². The highest BCUT2D eigenvalue weighted by molar-refractivity contribution is 7.80. The third-order valence-electron chi connectivity index (χ3n) is 3.66. The van der Waals surface area contributed by atoms with Crippen molar-refractivity contribution in [3.63, 3.8) is 0 Å². The van der Waals surface area contributed by atoms with Gasteiger partial charge >= 0.3 is 0 Å². The number of carbonyl (C=O) groups is 1. The molecule has 6 heteroatoms. The van der Waals surface area contributed by atoms with Gasteiger partial charge in [0.2, 0.25) is 5.91 Å². The van der Waals surface area contributed by atoms with Gasteiger partial charge in [-0.1, -0.05) is 30.8 Å². The Morgan fingerprint density at radius 2 is 2.15 bits per heavy atom. The summed E-state index contributed by atoms with van der Waals surface area (Å²) in [5.74, 6) is -0.760. The number of halogens is 1. The van der Waals surface area contributed by atoms with E-state index in [0.29, 0.717) is 12.1 Å². The average molecular weight is 295 g/mol. The first-order valence-electron chi connectivity index (χ1n) is 6.61. The molecule has 1 unspecified atom stereocenters. The van der Waals surface area contributed by atoms with Gasteiger partial charge < -0.3 is 11.5 Å². The largest absolute Gasteiger partial charge is 0.389 e. The van der Waals surface area contributed by atoms with Crippen LogP contribution in [0.15, 0.2) is 18.2 Å². The number of nitrogens with two attached hydrogens (primary N) is 2. The molecule has 1 amide bonds. The summed E-state index contributed by atoms with van der Waals surface area (Å²) in [6.45, 7) is 1.08. The Morgan fingerprint density at radius 3 is 2.80 bits per heavy atom. The zero-order chi connectivity index (χ0) is 14.7. The van der Waals surface area contributed by atoms with Crippen LogP contribution in [0, 0.1) is 5.82 Å². The summed E-state index contributed by atoms with van der Waals surface area (Å²) in [5.41, 5.74) is 11.6. The van der Waals surface area contributed by atoms with Crippen molar-refractivity contribution in [2.24, 2.45) is 11.5 Å². The normalized spacial score (nSPS) is 19.8. The number of primary amides is 1. The number of thiocarbonyl (C=S) groups is 1. The lowest BCUT2D eigenvalue weighted by Gasteiger charge is -2.33. The van der Waals surface area contributed by atoms with Crippen LogP contribution in [0.2, 0.25) is 0 Å². The summed E-state index contributed by atoms with van der Waals surface area (Å²) in [7, 11) is 0. The van der Waals surface area contributed by atoms with E-state index in [2.05, 4.69) is 0 Å². The highest BCUT2D eigenvalue weighted by Crippen LogP contribution is 2.22. The van der Waals surface area contributed by atoms with Crippen molar-refractivity contribution in [1.29, 1.82) is 0 Å². The molecule has 0 radical (unpaired) electrons. The lowest BCUT2D eigenvalue weighted by Crippen LogP contribution is -2.47. The van der Waals surface area contributed by atoms with E-state index in [4.69, 9.17) is 23.7 Å². The van der Waals surface area contributed by atoms with Crippen LogP contribution in [0.1, 0.15) is 30.4 Å². The summed E-state index contributed by atoms with van der Waals surface area (Å²) in [4.78, 5) is 13.4. The van der Waals surface area contributed by atoms with E-state index in [0.717, 1.165) is 25.8 Å². The van der Waals surface area contributed by atoms with Crippen molar-refractivity contribution in [3.05, 3.63) is 35.1 Å². The minimum atomic E-state index is -0.409. The van der Waals surface area contributed by atoms with Crippen LogP contribution in [0.25, 0.3) is 0 Å². The quantitative estimate of drug-likeness (QED) is 0.821. The number of amides is 1. The third kappa shape index (κ3) is 3.13. The zero-order valence-electron chi connectivity index (χ0n) is 11.1. The Hall–Kier alpha value is -1.53. The van der Waals surface area contributed by atoms with Gasteiger partial charge in [-0.2, -0.15) is 0 Å². The lowest BCUT2D eigenvalue weighted by atomic mass is 10.00. The number of hydrogen-bond donors (Lipinski definition) is 2. The molecule has 0 aromatic heterocycles. The average Bonchev–Trinajstić information content (AvgIpc) is 2.41. The van der Waals surface area contributed by atoms with Gasteiger partial charge in [-0.05, 0) is 25.5 Å². The van der Waals surface area contributed by atoms with Crippen LogP contribution in [0.5, 0.6) is 0 Å². The molecule has 1 saturated heterocycles. The van der Waals surface area contributed by atoms with Gasteiger partial charge in [-0.25, -0.2) is 4.39 Å². The maximum absolute atomic E-state index is 14.3. The molecule has 1 atom stereocenters. The molecule has 2 rings (SSSR count). The molecule has 0 bridgehead atoms. The van der Waals surface area contributed by atoms with E-state index in [1.54, 1.807) is 18.2 Å². The number of likely N-dealkylation sites (tertiary alicyclic amines) is 1. The fraction of sp³-hybridized carbons (Fsp3) is 0.429. The fourth-order valence-electron chi connectivity index (χ4n) is 2.61. The van der Waals surface area contributed by atoms with Crippen molar-refractivity contribution in [2.75, 3.05) is 6.54 Å². The van der Waals surface area contributed by atoms with E-state index in [1.165, 1.54) is 0 Å². The standard InChI is InChI=1S/C14H18FN3OS/c15-12-9(4-3-5-10(12)14(17)20)8-18-7-2-1-6-11(18)13(16)19/h3-5,11H,1-2,6-8H2,(H2,16,19)(H2,17,20). The van der Waals surface area contributed by atoms with E-state index in [9.17, 15) is 9.18 Å². The van der Waals surface area contributed by atoms with Gasteiger partial charge in [-0.3, -0.25) is 9.69 Å². The molecule has 1 aliphatic rings. The Labute approximate surface area is 122 Å². The summed E-state index contributed by atoms with van der Waals surface area (Å²) in [6, 6.07) is 4.64. The van der Waals surface area contributed by atoms with E-state index < -0.39 is 5.82 Å².